The third-order valence-corrected chi connectivity index (χ3v) is 4.01. The second kappa shape index (κ2) is 5.75. The van der Waals surface area contributed by atoms with Gasteiger partial charge in [-0.25, -0.2) is 0 Å². The van der Waals surface area contributed by atoms with Crippen LogP contribution in [0.5, 0.6) is 0 Å². The van der Waals surface area contributed by atoms with Crippen LogP contribution in [0.3, 0.4) is 0 Å². The van der Waals surface area contributed by atoms with Crippen molar-refractivity contribution in [3.8, 4) is 0 Å². The maximum absolute atomic E-state index is 5.86. The van der Waals surface area contributed by atoms with Crippen LogP contribution in [0.15, 0.2) is 22.6 Å². The number of aryl methyl sites for hydroxylation is 2. The molecule has 0 saturated carbocycles. The Labute approximate surface area is 119 Å². The minimum atomic E-state index is 0.427. The number of nitrogens with one attached hydrogen (secondary N) is 1. The second-order valence-corrected chi connectivity index (χ2v) is 5.67. The van der Waals surface area contributed by atoms with Crippen molar-refractivity contribution in [2.45, 2.75) is 39.0 Å². The fourth-order valence-corrected chi connectivity index (χ4v) is 2.78. The first kappa shape index (κ1) is 13.3. The molecule has 4 nitrogen and oxygen atoms in total. The monoisotopic (exact) mass is 271 g/mol. The average molecular weight is 271 g/mol. The second-order valence-electron chi connectivity index (χ2n) is 5.67. The third kappa shape index (κ3) is 2.90. The molecule has 4 heteroatoms. The molecule has 0 unspecified atom stereocenters. The highest BCUT2D eigenvalue weighted by Crippen LogP contribution is 2.24. The lowest BCUT2D eigenvalue weighted by Gasteiger charge is -2.18. The molecule has 0 atom stereocenters. The summed E-state index contributed by atoms with van der Waals surface area (Å²) in [6, 6.07) is 6.48. The number of rotatable bonds is 3. The molecule has 20 heavy (non-hydrogen) atoms. The zero-order chi connectivity index (χ0) is 13.9. The molecular formula is C16H21N3O. The van der Waals surface area contributed by atoms with Crippen molar-refractivity contribution in [2.75, 3.05) is 13.1 Å². The van der Waals surface area contributed by atoms with Gasteiger partial charge in [-0.2, -0.15) is 0 Å². The van der Waals surface area contributed by atoms with Crippen molar-refractivity contribution in [3.05, 3.63) is 46.7 Å². The lowest BCUT2D eigenvalue weighted by Crippen LogP contribution is -2.26. The highest BCUT2D eigenvalue weighted by Gasteiger charge is 2.21. The summed E-state index contributed by atoms with van der Waals surface area (Å²) in [7, 11) is 0. The van der Waals surface area contributed by atoms with E-state index in [0.29, 0.717) is 5.92 Å². The van der Waals surface area contributed by atoms with Crippen molar-refractivity contribution >= 4 is 0 Å². The molecule has 1 aliphatic rings. The molecule has 0 radical (unpaired) electrons. The summed E-state index contributed by atoms with van der Waals surface area (Å²) in [5.41, 5.74) is 3.83. The Bertz CT molecular complexity index is 585. The number of nitrogens with zero attached hydrogens (tertiary/aromatic N) is 2. The Morgan fingerprint density at radius 2 is 2.00 bits per heavy atom. The Morgan fingerprint density at radius 1 is 1.20 bits per heavy atom. The van der Waals surface area contributed by atoms with Crippen LogP contribution in [-0.4, -0.2) is 23.3 Å². The van der Waals surface area contributed by atoms with Gasteiger partial charge < -0.3 is 9.73 Å². The van der Waals surface area contributed by atoms with E-state index in [2.05, 4.69) is 47.6 Å². The molecule has 1 aromatic carbocycles. The minimum absolute atomic E-state index is 0.427. The lowest BCUT2D eigenvalue weighted by atomic mass is 9.98. The molecule has 1 aliphatic heterocycles. The van der Waals surface area contributed by atoms with Gasteiger partial charge in [0, 0.05) is 5.92 Å². The van der Waals surface area contributed by atoms with Gasteiger partial charge in [0.2, 0.25) is 11.8 Å². The van der Waals surface area contributed by atoms with Crippen molar-refractivity contribution in [1.29, 1.82) is 0 Å². The largest absolute Gasteiger partial charge is 0.425 e. The van der Waals surface area contributed by atoms with E-state index in [0.717, 1.165) is 44.1 Å². The summed E-state index contributed by atoms with van der Waals surface area (Å²) < 4.78 is 5.86. The van der Waals surface area contributed by atoms with Crippen LogP contribution in [0.4, 0.5) is 0 Å². The fraction of sp³-hybridized carbons (Fsp3) is 0.500. The molecular weight excluding hydrogens is 250 g/mol. The van der Waals surface area contributed by atoms with Crippen LogP contribution in [0.25, 0.3) is 0 Å². The molecule has 1 aromatic heterocycles. The number of piperidine rings is 1. The normalized spacial score (nSPS) is 16.5. The van der Waals surface area contributed by atoms with E-state index < -0.39 is 0 Å². The van der Waals surface area contributed by atoms with E-state index in [1.54, 1.807) is 0 Å². The van der Waals surface area contributed by atoms with Crippen molar-refractivity contribution in [1.82, 2.24) is 15.5 Å². The van der Waals surface area contributed by atoms with Crippen LogP contribution < -0.4 is 5.32 Å². The van der Waals surface area contributed by atoms with Crippen LogP contribution in [0.2, 0.25) is 0 Å². The van der Waals surface area contributed by atoms with E-state index >= 15 is 0 Å². The van der Waals surface area contributed by atoms with E-state index in [-0.39, 0.29) is 0 Å². The molecule has 1 fully saturated rings. The summed E-state index contributed by atoms with van der Waals surface area (Å²) >= 11 is 0. The fourth-order valence-electron chi connectivity index (χ4n) is 2.78. The van der Waals surface area contributed by atoms with Crippen LogP contribution in [0.1, 0.15) is 47.2 Å². The SMILES string of the molecule is Cc1ccc(Cc2nnc(C3CCNCC3)o2)c(C)c1. The third-order valence-electron chi connectivity index (χ3n) is 4.01. The maximum atomic E-state index is 5.86. The van der Waals surface area contributed by atoms with Crippen LogP contribution in [0, 0.1) is 13.8 Å². The van der Waals surface area contributed by atoms with E-state index in [4.69, 9.17) is 4.42 Å². The first-order valence-corrected chi connectivity index (χ1v) is 7.31. The van der Waals surface area contributed by atoms with Gasteiger partial charge in [0.25, 0.3) is 0 Å². The summed E-state index contributed by atoms with van der Waals surface area (Å²) in [6.45, 7) is 6.32. The van der Waals surface area contributed by atoms with E-state index in [1.807, 2.05) is 0 Å². The average Bonchev–Trinajstić information content (AvgIpc) is 2.92. The lowest BCUT2D eigenvalue weighted by molar-refractivity contribution is 0.363. The number of hydrogen-bond donors (Lipinski definition) is 1. The zero-order valence-corrected chi connectivity index (χ0v) is 12.1. The predicted molar refractivity (Wildman–Crippen MR) is 77.9 cm³/mol. The molecule has 106 valence electrons. The zero-order valence-electron chi connectivity index (χ0n) is 12.1. The van der Waals surface area contributed by atoms with Gasteiger partial charge in [-0.15, -0.1) is 10.2 Å². The van der Waals surface area contributed by atoms with Crippen LogP contribution in [-0.2, 0) is 6.42 Å². The topological polar surface area (TPSA) is 51.0 Å². The summed E-state index contributed by atoms with van der Waals surface area (Å²) in [6.07, 6.45) is 2.90. The molecule has 1 saturated heterocycles. The minimum Gasteiger partial charge on any atom is -0.425 e. The summed E-state index contributed by atoms with van der Waals surface area (Å²) in [4.78, 5) is 0. The van der Waals surface area contributed by atoms with Crippen molar-refractivity contribution in [2.24, 2.45) is 0 Å². The Morgan fingerprint density at radius 3 is 2.75 bits per heavy atom. The van der Waals surface area contributed by atoms with Gasteiger partial charge in [0.1, 0.15) is 0 Å². The summed E-state index contributed by atoms with van der Waals surface area (Å²) in [5.74, 6) is 1.97. The Hall–Kier alpha value is -1.68. The van der Waals surface area contributed by atoms with Gasteiger partial charge in [0.05, 0.1) is 6.42 Å². The standard InChI is InChI=1S/C16H21N3O/c1-11-3-4-14(12(2)9-11)10-15-18-19-16(20-15)13-5-7-17-8-6-13/h3-4,9,13,17H,5-8,10H2,1-2H3. The first-order valence-electron chi connectivity index (χ1n) is 7.31. The maximum Gasteiger partial charge on any atom is 0.220 e. The predicted octanol–water partition coefficient (Wildman–Crippen LogP) is 2.74. The smallest absolute Gasteiger partial charge is 0.220 e. The van der Waals surface area contributed by atoms with Gasteiger partial charge in [0.15, 0.2) is 0 Å². The number of benzene rings is 1. The quantitative estimate of drug-likeness (QED) is 0.932. The molecule has 0 amide bonds. The van der Waals surface area contributed by atoms with Crippen molar-refractivity contribution in [3.63, 3.8) is 0 Å². The van der Waals surface area contributed by atoms with Gasteiger partial charge in [-0.1, -0.05) is 23.8 Å². The molecule has 1 N–H and O–H groups in total. The molecule has 3 rings (SSSR count). The van der Waals surface area contributed by atoms with Crippen molar-refractivity contribution < 1.29 is 4.42 Å². The Kier molecular flexibility index (Phi) is 3.83. The summed E-state index contributed by atoms with van der Waals surface area (Å²) in [5, 5.41) is 11.8. The molecule has 2 aromatic rings. The van der Waals surface area contributed by atoms with Gasteiger partial charge in [-0.05, 0) is 50.9 Å². The van der Waals surface area contributed by atoms with E-state index in [1.165, 1.54) is 16.7 Å². The van der Waals surface area contributed by atoms with Crippen LogP contribution >= 0.6 is 0 Å². The molecule has 2 heterocycles. The van der Waals surface area contributed by atoms with Gasteiger partial charge >= 0.3 is 0 Å². The highest BCUT2D eigenvalue weighted by molar-refractivity contribution is 5.31. The van der Waals surface area contributed by atoms with Gasteiger partial charge in [-0.3, -0.25) is 0 Å². The first-order chi connectivity index (χ1) is 9.72. The molecule has 0 bridgehead atoms. The Balaban J connectivity index is 1.73. The van der Waals surface area contributed by atoms with E-state index in [9.17, 15) is 0 Å². The molecule has 0 spiro atoms. The highest BCUT2D eigenvalue weighted by atomic mass is 16.4. The number of hydrogen-bond acceptors (Lipinski definition) is 4. The molecule has 0 aliphatic carbocycles. The number of aromatic nitrogens is 2.